The summed E-state index contributed by atoms with van der Waals surface area (Å²) in [6.07, 6.45) is -0.451. The highest BCUT2D eigenvalue weighted by Gasteiger charge is 2.22. The molecule has 0 aliphatic carbocycles. The maximum Gasteiger partial charge on any atom is 0.234 e. The van der Waals surface area contributed by atoms with Crippen LogP contribution in [0.1, 0.15) is 18.9 Å². The molecular weight excluding hydrogens is 507 g/mol. The topological polar surface area (TPSA) is 78.3 Å². The molecule has 0 bridgehead atoms. The number of hydrogen-bond donors (Lipinski definition) is 1. The molecule has 1 unspecified atom stereocenters. The van der Waals surface area contributed by atoms with Gasteiger partial charge < -0.3 is 14.8 Å². The average molecular weight is 529 g/mol. The Kier molecular flexibility index (Phi) is 8.17. The lowest BCUT2D eigenvalue weighted by Crippen LogP contribution is -2.15. The molecule has 0 radical (unpaired) electrons. The van der Waals surface area contributed by atoms with Crippen molar-refractivity contribution in [1.82, 2.24) is 14.8 Å². The Morgan fingerprint density at radius 2 is 1.71 bits per heavy atom. The third-order valence-electron chi connectivity index (χ3n) is 4.97. The zero-order valence-corrected chi connectivity index (χ0v) is 21.3. The molecule has 1 heterocycles. The number of halogens is 2. The Hall–Kier alpha value is -3.20. The maximum atomic E-state index is 12.6. The molecule has 4 aromatic rings. The van der Waals surface area contributed by atoms with E-state index in [1.165, 1.54) is 11.8 Å². The second-order valence-corrected chi connectivity index (χ2v) is 9.09. The van der Waals surface area contributed by atoms with E-state index in [4.69, 9.17) is 32.7 Å². The van der Waals surface area contributed by atoms with Gasteiger partial charge in [-0.3, -0.25) is 9.36 Å². The highest BCUT2D eigenvalue weighted by Crippen LogP contribution is 2.33. The number of benzene rings is 3. The van der Waals surface area contributed by atoms with Crippen LogP contribution in [0.4, 0.5) is 5.69 Å². The number of methoxy groups -OCH3 is 1. The third kappa shape index (κ3) is 5.90. The molecule has 7 nitrogen and oxygen atoms in total. The summed E-state index contributed by atoms with van der Waals surface area (Å²) in [4.78, 5) is 12.6. The van der Waals surface area contributed by atoms with E-state index in [9.17, 15) is 4.79 Å². The lowest BCUT2D eigenvalue weighted by atomic mass is 10.3. The van der Waals surface area contributed by atoms with E-state index in [1.54, 1.807) is 25.3 Å². The fraction of sp³-hybridized carbons (Fsp3) is 0.160. The number of ether oxygens (including phenoxy) is 2. The van der Waals surface area contributed by atoms with E-state index in [-0.39, 0.29) is 11.7 Å². The molecule has 1 aromatic heterocycles. The summed E-state index contributed by atoms with van der Waals surface area (Å²) in [7, 11) is 1.59. The van der Waals surface area contributed by atoms with Gasteiger partial charge in [-0.1, -0.05) is 71.4 Å². The molecule has 0 fully saturated rings. The van der Waals surface area contributed by atoms with Crippen LogP contribution in [0.25, 0.3) is 5.69 Å². The summed E-state index contributed by atoms with van der Waals surface area (Å²) >= 11 is 13.5. The van der Waals surface area contributed by atoms with Gasteiger partial charge in [0.2, 0.25) is 5.91 Å². The van der Waals surface area contributed by atoms with Gasteiger partial charge in [-0.05, 0) is 43.3 Å². The first-order valence-electron chi connectivity index (χ1n) is 10.6. The summed E-state index contributed by atoms with van der Waals surface area (Å²) in [5.41, 5.74) is 1.30. The second-order valence-electron chi connectivity index (χ2n) is 7.36. The summed E-state index contributed by atoms with van der Waals surface area (Å²) < 4.78 is 13.4. The Balaban J connectivity index is 1.56. The molecule has 0 aliphatic rings. The van der Waals surface area contributed by atoms with Crippen molar-refractivity contribution in [3.63, 3.8) is 0 Å². The molecule has 1 amide bonds. The number of hydrogen-bond acceptors (Lipinski definition) is 6. The average Bonchev–Trinajstić information content (AvgIpc) is 3.30. The normalized spacial score (nSPS) is 11.7. The van der Waals surface area contributed by atoms with Crippen molar-refractivity contribution in [1.29, 1.82) is 0 Å². The minimum absolute atomic E-state index is 0.0928. The minimum Gasteiger partial charge on any atom is -0.493 e. The van der Waals surface area contributed by atoms with Crippen LogP contribution in [-0.2, 0) is 4.79 Å². The van der Waals surface area contributed by atoms with Crippen LogP contribution in [0.2, 0.25) is 10.0 Å². The van der Waals surface area contributed by atoms with Crippen LogP contribution < -0.4 is 14.8 Å². The summed E-state index contributed by atoms with van der Waals surface area (Å²) in [6, 6.07) is 22.1. The molecule has 180 valence electrons. The van der Waals surface area contributed by atoms with Crippen molar-refractivity contribution < 1.29 is 14.3 Å². The van der Waals surface area contributed by atoms with E-state index in [1.807, 2.05) is 66.1 Å². The van der Waals surface area contributed by atoms with Gasteiger partial charge >= 0.3 is 0 Å². The number of nitrogens with zero attached hydrogens (tertiary/aromatic N) is 3. The molecule has 1 atom stereocenters. The number of carbonyl (C=O) groups excluding carboxylic acids is 1. The van der Waals surface area contributed by atoms with Crippen LogP contribution >= 0.6 is 35.0 Å². The molecule has 1 N–H and O–H groups in total. The van der Waals surface area contributed by atoms with Crippen LogP contribution in [0.5, 0.6) is 11.5 Å². The van der Waals surface area contributed by atoms with Crippen molar-refractivity contribution >= 4 is 46.6 Å². The van der Waals surface area contributed by atoms with Gasteiger partial charge in [0.25, 0.3) is 0 Å². The quantitative estimate of drug-likeness (QED) is 0.251. The lowest BCUT2D eigenvalue weighted by Gasteiger charge is -2.18. The van der Waals surface area contributed by atoms with Crippen LogP contribution in [0.3, 0.4) is 0 Å². The molecular formula is C25H22Cl2N4O3S. The fourth-order valence-corrected chi connectivity index (χ4v) is 4.44. The molecule has 3 aromatic carbocycles. The minimum atomic E-state index is -0.451. The maximum absolute atomic E-state index is 12.6. The van der Waals surface area contributed by atoms with Gasteiger partial charge in [0, 0.05) is 5.69 Å². The monoisotopic (exact) mass is 528 g/mol. The largest absolute Gasteiger partial charge is 0.493 e. The van der Waals surface area contributed by atoms with Crippen molar-refractivity contribution in [2.45, 2.75) is 18.2 Å². The summed E-state index contributed by atoms with van der Waals surface area (Å²) in [5, 5.41) is 12.7. The second kappa shape index (κ2) is 11.5. The molecule has 0 saturated heterocycles. The fourth-order valence-electron chi connectivity index (χ4n) is 3.33. The predicted octanol–water partition coefficient (Wildman–Crippen LogP) is 6.45. The number of rotatable bonds is 9. The van der Waals surface area contributed by atoms with Crippen molar-refractivity contribution in [3.05, 3.63) is 88.7 Å². The highest BCUT2D eigenvalue weighted by atomic mass is 35.5. The van der Waals surface area contributed by atoms with Crippen molar-refractivity contribution in [3.8, 4) is 17.2 Å². The molecule has 0 spiro atoms. The first kappa shape index (κ1) is 24.9. The van der Waals surface area contributed by atoms with Gasteiger partial charge in [-0.15, -0.1) is 10.2 Å². The zero-order chi connectivity index (χ0) is 24.8. The number of carbonyl (C=O) groups is 1. The number of amides is 1. The van der Waals surface area contributed by atoms with E-state index >= 15 is 0 Å². The summed E-state index contributed by atoms with van der Waals surface area (Å²) in [5.74, 6) is 1.65. The standard InChI is InChI=1S/C25H22Cl2N4O3S/c1-16(34-21-14-7-6-13-20(21)33-2)24-29-30-25(31(24)17-9-4-3-5-10-17)35-15-22(32)28-19-12-8-11-18(26)23(19)27/h3-14,16H,15H2,1-2H3,(H,28,32). The molecule has 10 heteroatoms. The molecule has 0 saturated carbocycles. The number of para-hydroxylation sites is 3. The van der Waals surface area contributed by atoms with Crippen molar-refractivity contribution in [2.24, 2.45) is 0 Å². The van der Waals surface area contributed by atoms with Crippen molar-refractivity contribution in [2.75, 3.05) is 18.2 Å². The summed E-state index contributed by atoms with van der Waals surface area (Å²) in [6.45, 7) is 1.89. The van der Waals surface area contributed by atoms with E-state index in [2.05, 4.69) is 15.5 Å². The number of anilines is 1. The van der Waals surface area contributed by atoms with Gasteiger partial charge in [-0.25, -0.2) is 0 Å². The number of thioether (sulfide) groups is 1. The van der Waals surface area contributed by atoms with Gasteiger partial charge in [0.05, 0.1) is 28.6 Å². The van der Waals surface area contributed by atoms with Crippen LogP contribution in [-0.4, -0.2) is 33.5 Å². The van der Waals surface area contributed by atoms with Gasteiger partial charge in [0.15, 0.2) is 28.6 Å². The first-order chi connectivity index (χ1) is 17.0. The Bertz CT molecular complexity index is 1320. The number of nitrogens with one attached hydrogen (secondary N) is 1. The predicted molar refractivity (Wildman–Crippen MR) is 139 cm³/mol. The Labute approximate surface area is 217 Å². The van der Waals surface area contributed by atoms with Crippen LogP contribution in [0.15, 0.2) is 78.0 Å². The Morgan fingerprint density at radius 1 is 1.00 bits per heavy atom. The molecule has 35 heavy (non-hydrogen) atoms. The highest BCUT2D eigenvalue weighted by molar-refractivity contribution is 7.99. The first-order valence-corrected chi connectivity index (χ1v) is 12.4. The lowest BCUT2D eigenvalue weighted by molar-refractivity contribution is -0.113. The van der Waals surface area contributed by atoms with Gasteiger partial charge in [-0.2, -0.15) is 0 Å². The molecule has 4 rings (SSSR count). The molecule has 0 aliphatic heterocycles. The van der Waals surface area contributed by atoms with Gasteiger partial charge in [0.1, 0.15) is 0 Å². The van der Waals surface area contributed by atoms with Crippen LogP contribution in [0, 0.1) is 0 Å². The smallest absolute Gasteiger partial charge is 0.234 e. The van der Waals surface area contributed by atoms with E-state index in [0.717, 1.165) is 5.69 Å². The van der Waals surface area contributed by atoms with E-state index in [0.29, 0.717) is 38.2 Å². The third-order valence-corrected chi connectivity index (χ3v) is 6.72. The Morgan fingerprint density at radius 3 is 2.46 bits per heavy atom. The van der Waals surface area contributed by atoms with E-state index < -0.39 is 6.10 Å². The SMILES string of the molecule is COc1ccccc1OC(C)c1nnc(SCC(=O)Nc2cccc(Cl)c2Cl)n1-c1ccccc1. The zero-order valence-electron chi connectivity index (χ0n) is 18.9. The number of aromatic nitrogens is 3.